The van der Waals surface area contributed by atoms with E-state index in [1.54, 1.807) is 6.92 Å². The highest BCUT2D eigenvalue weighted by molar-refractivity contribution is 6.12. The molecule has 3 aromatic rings. The Hall–Kier alpha value is -3.76. The molecule has 0 saturated heterocycles. The molecular weight excluding hydrogens is 435 g/mol. The molecule has 1 aliphatic rings. The van der Waals surface area contributed by atoms with E-state index in [-0.39, 0.29) is 29.3 Å². The number of aromatic nitrogens is 2. The number of carbonyl (C=O) groups is 1. The molecule has 1 amide bonds. The van der Waals surface area contributed by atoms with E-state index in [2.05, 4.69) is 9.97 Å². The highest BCUT2D eigenvalue weighted by Crippen LogP contribution is 2.39. The van der Waals surface area contributed by atoms with Crippen LogP contribution in [0.4, 0.5) is 39.0 Å². The maximum atomic E-state index is 14.0. The number of pyridine rings is 2. The van der Waals surface area contributed by atoms with Crippen molar-refractivity contribution in [2.24, 2.45) is 0 Å². The Morgan fingerprint density at radius 1 is 0.969 bits per heavy atom. The molecule has 0 atom stereocenters. The van der Waals surface area contributed by atoms with Crippen LogP contribution in [0.15, 0.2) is 41.3 Å². The Kier molecular flexibility index (Phi) is 4.99. The van der Waals surface area contributed by atoms with Crippen molar-refractivity contribution in [3.63, 3.8) is 0 Å². The summed E-state index contributed by atoms with van der Waals surface area (Å²) in [6, 6.07) is 5.29. The van der Waals surface area contributed by atoms with E-state index in [1.807, 2.05) is 0 Å². The quantitative estimate of drug-likeness (QED) is 0.587. The first-order chi connectivity index (χ1) is 15.0. The number of hydrogen-bond donors (Lipinski definition) is 1. The van der Waals surface area contributed by atoms with Crippen LogP contribution in [0.5, 0.6) is 0 Å². The first kappa shape index (κ1) is 21.5. The fraction of sp³-hybridized carbons (Fsp3) is 0.190. The Morgan fingerprint density at radius 3 is 2.34 bits per heavy atom. The molecule has 1 N–H and O–H groups in total. The monoisotopic (exact) mass is 450 g/mol. The molecule has 0 aliphatic carbocycles. The number of rotatable bonds is 2. The number of amides is 1. The van der Waals surface area contributed by atoms with Crippen LogP contribution in [-0.4, -0.2) is 22.5 Å². The third kappa shape index (κ3) is 3.59. The lowest BCUT2D eigenvalue weighted by Gasteiger charge is -2.39. The van der Waals surface area contributed by atoms with Crippen molar-refractivity contribution in [3.8, 4) is 0 Å². The molecule has 3 heterocycles. The van der Waals surface area contributed by atoms with Crippen molar-refractivity contribution in [3.05, 3.63) is 81.0 Å². The summed E-state index contributed by atoms with van der Waals surface area (Å²) >= 11 is 0. The van der Waals surface area contributed by atoms with E-state index in [0.29, 0.717) is 17.3 Å². The molecule has 0 spiro atoms. The topological polar surface area (TPSA) is 69.3 Å². The number of fused-ring (bicyclic) bond motifs is 1. The zero-order valence-electron chi connectivity index (χ0n) is 16.7. The average Bonchev–Trinajstić information content (AvgIpc) is 2.71. The van der Waals surface area contributed by atoms with Gasteiger partial charge in [0.15, 0.2) is 5.82 Å². The molecule has 0 radical (unpaired) electrons. The smallest absolute Gasteiger partial charge is 0.322 e. The maximum absolute atomic E-state index is 14.0. The van der Waals surface area contributed by atoms with E-state index in [0.717, 1.165) is 17.2 Å². The van der Waals surface area contributed by atoms with Crippen LogP contribution >= 0.6 is 0 Å². The molecule has 166 valence electrons. The van der Waals surface area contributed by atoms with Crippen molar-refractivity contribution in [2.75, 3.05) is 16.5 Å². The van der Waals surface area contributed by atoms with E-state index < -0.39 is 35.0 Å². The molecular formula is C21H15F5N4O2. The minimum absolute atomic E-state index is 0.0205. The standard InChI is InChI=1S/C21H15F5N4O2/c1-10-5-12(22)3-4-15(10)29-9-30(16-7-14(23)19(31)28-11(16)2)20(32)13-6-18(21(24,25)26)27-8-17(13)29/h3-8H,9H2,1-2H3,(H,28,31). The van der Waals surface area contributed by atoms with E-state index in [1.165, 1.54) is 30.0 Å². The van der Waals surface area contributed by atoms with Crippen molar-refractivity contribution >= 4 is 23.0 Å². The molecule has 11 heteroatoms. The molecule has 0 unspecified atom stereocenters. The van der Waals surface area contributed by atoms with Crippen molar-refractivity contribution < 1.29 is 26.7 Å². The zero-order valence-corrected chi connectivity index (χ0v) is 16.7. The number of nitrogens with one attached hydrogen (secondary N) is 1. The van der Waals surface area contributed by atoms with Crippen molar-refractivity contribution in [2.45, 2.75) is 20.0 Å². The van der Waals surface area contributed by atoms with Gasteiger partial charge in [0.05, 0.1) is 23.1 Å². The molecule has 0 saturated carbocycles. The average molecular weight is 450 g/mol. The molecule has 4 rings (SSSR count). The molecule has 1 aliphatic heterocycles. The Bertz CT molecular complexity index is 1300. The first-order valence-corrected chi connectivity index (χ1v) is 9.29. The highest BCUT2D eigenvalue weighted by Gasteiger charge is 2.38. The predicted molar refractivity (Wildman–Crippen MR) is 106 cm³/mol. The van der Waals surface area contributed by atoms with Crippen LogP contribution in [0, 0.1) is 25.5 Å². The molecule has 1 aromatic carbocycles. The van der Waals surface area contributed by atoms with Crippen LogP contribution < -0.4 is 15.4 Å². The minimum Gasteiger partial charge on any atom is -0.322 e. The second-order valence-corrected chi connectivity index (χ2v) is 7.27. The van der Waals surface area contributed by atoms with Gasteiger partial charge in [0.1, 0.15) is 18.2 Å². The van der Waals surface area contributed by atoms with Crippen molar-refractivity contribution in [1.29, 1.82) is 0 Å². The van der Waals surface area contributed by atoms with Crippen LogP contribution in [0.2, 0.25) is 0 Å². The SMILES string of the molecule is Cc1cc(F)ccc1N1CN(c2cc(F)c(=O)[nH]c2C)C(=O)c2cc(C(F)(F)F)ncc21. The number of alkyl halides is 3. The third-order valence-corrected chi connectivity index (χ3v) is 5.13. The lowest BCUT2D eigenvalue weighted by Crippen LogP contribution is -2.46. The highest BCUT2D eigenvalue weighted by atomic mass is 19.4. The van der Waals surface area contributed by atoms with Crippen molar-refractivity contribution in [1.82, 2.24) is 9.97 Å². The lowest BCUT2D eigenvalue weighted by molar-refractivity contribution is -0.141. The third-order valence-electron chi connectivity index (χ3n) is 5.13. The van der Waals surface area contributed by atoms with Gasteiger partial charge in [-0.1, -0.05) is 0 Å². The van der Waals surface area contributed by atoms with Crippen LogP contribution in [0.3, 0.4) is 0 Å². The summed E-state index contributed by atoms with van der Waals surface area (Å²) in [7, 11) is 0. The van der Waals surface area contributed by atoms with Crippen LogP contribution in [-0.2, 0) is 6.18 Å². The number of halogens is 5. The summed E-state index contributed by atoms with van der Waals surface area (Å²) in [4.78, 5) is 33.0. The van der Waals surface area contributed by atoms with Crippen LogP contribution in [0.1, 0.15) is 27.3 Å². The summed E-state index contributed by atoms with van der Waals surface area (Å²) in [6.45, 7) is 2.79. The Morgan fingerprint density at radius 2 is 1.69 bits per heavy atom. The predicted octanol–water partition coefficient (Wildman–Crippen LogP) is 4.44. The first-order valence-electron chi connectivity index (χ1n) is 9.29. The van der Waals surface area contributed by atoms with Gasteiger partial charge in [0, 0.05) is 17.4 Å². The van der Waals surface area contributed by atoms with Gasteiger partial charge in [-0.3, -0.25) is 14.5 Å². The summed E-state index contributed by atoms with van der Waals surface area (Å²) in [6.07, 6.45) is -3.87. The number of hydrogen-bond acceptors (Lipinski definition) is 4. The van der Waals surface area contributed by atoms with Crippen LogP contribution in [0.25, 0.3) is 0 Å². The number of H-pyrrole nitrogens is 1. The fourth-order valence-corrected chi connectivity index (χ4v) is 3.60. The van der Waals surface area contributed by atoms with Gasteiger partial charge < -0.3 is 9.88 Å². The lowest BCUT2D eigenvalue weighted by atomic mass is 10.1. The van der Waals surface area contributed by atoms with Gasteiger partial charge in [-0.05, 0) is 43.7 Å². The van der Waals surface area contributed by atoms with E-state index in [4.69, 9.17) is 0 Å². The van der Waals surface area contributed by atoms with Gasteiger partial charge in [-0.15, -0.1) is 0 Å². The number of aromatic amines is 1. The number of benzene rings is 1. The largest absolute Gasteiger partial charge is 0.433 e. The second kappa shape index (κ2) is 7.43. The summed E-state index contributed by atoms with van der Waals surface area (Å²) in [5.74, 6) is -2.50. The van der Waals surface area contributed by atoms with Gasteiger partial charge in [0.25, 0.3) is 11.5 Å². The molecule has 0 bridgehead atoms. The normalized spacial score (nSPS) is 14.0. The second-order valence-electron chi connectivity index (χ2n) is 7.27. The van der Waals surface area contributed by atoms with E-state index >= 15 is 0 Å². The number of carbonyl (C=O) groups excluding carboxylic acids is 1. The van der Waals surface area contributed by atoms with Gasteiger partial charge >= 0.3 is 6.18 Å². The van der Waals surface area contributed by atoms with Gasteiger partial charge in [-0.25, -0.2) is 13.8 Å². The summed E-state index contributed by atoms with van der Waals surface area (Å²) in [5, 5.41) is 0. The van der Waals surface area contributed by atoms with Gasteiger partial charge in [0.2, 0.25) is 0 Å². The number of anilines is 3. The Balaban J connectivity index is 1.94. The molecule has 32 heavy (non-hydrogen) atoms. The number of aryl methyl sites for hydroxylation is 2. The fourth-order valence-electron chi connectivity index (χ4n) is 3.60. The molecule has 2 aromatic heterocycles. The zero-order chi connectivity index (χ0) is 23.4. The Labute approximate surface area is 177 Å². The maximum Gasteiger partial charge on any atom is 0.433 e. The van der Waals surface area contributed by atoms with Gasteiger partial charge in [-0.2, -0.15) is 13.2 Å². The molecule has 0 fully saturated rings. The summed E-state index contributed by atoms with van der Waals surface area (Å²) < 4.78 is 67.4. The minimum atomic E-state index is -4.80. The van der Waals surface area contributed by atoms with E-state index in [9.17, 15) is 31.5 Å². The summed E-state index contributed by atoms with van der Waals surface area (Å²) in [5.41, 5.74) is -1.52. The molecule has 6 nitrogen and oxygen atoms in total. The number of nitrogens with zero attached hydrogens (tertiary/aromatic N) is 3.